The average Bonchev–Trinajstić information content (AvgIpc) is 3.18. The number of halogens is 2. The van der Waals surface area contributed by atoms with Gasteiger partial charge < -0.3 is 15.3 Å². The van der Waals surface area contributed by atoms with E-state index in [2.05, 4.69) is 5.32 Å². The molecule has 0 aromatic heterocycles. The Balaban J connectivity index is 1.90. The van der Waals surface area contributed by atoms with E-state index in [4.69, 9.17) is 23.2 Å². The third-order valence-corrected chi connectivity index (χ3v) is 5.66. The molecule has 8 heteroatoms. The number of rotatable bonds is 2. The molecular formula is C19H17Cl2N3O3. The minimum absolute atomic E-state index is 0.219. The Kier molecular flexibility index (Phi) is 4.50. The number of amides is 3. The van der Waals surface area contributed by atoms with Crippen LogP contribution in [-0.4, -0.2) is 35.0 Å². The maximum Gasteiger partial charge on any atom is 0.329 e. The van der Waals surface area contributed by atoms with Crippen molar-refractivity contribution >= 4 is 46.5 Å². The molecule has 0 radical (unpaired) electrons. The highest BCUT2D eigenvalue weighted by Gasteiger charge is 2.53. The van der Waals surface area contributed by atoms with Gasteiger partial charge in [0.15, 0.2) is 0 Å². The van der Waals surface area contributed by atoms with Crippen LogP contribution >= 0.6 is 23.2 Å². The lowest BCUT2D eigenvalue weighted by atomic mass is 9.94. The molecule has 0 spiro atoms. The van der Waals surface area contributed by atoms with Gasteiger partial charge in [-0.1, -0.05) is 41.4 Å². The molecule has 2 aliphatic heterocycles. The van der Waals surface area contributed by atoms with E-state index < -0.39 is 17.7 Å². The molecule has 2 aromatic rings. The number of likely N-dealkylation sites (tertiary alicyclic amines) is 1. The first kappa shape index (κ1) is 18.1. The fraction of sp³-hybridized carbons (Fsp3) is 0.263. The number of carbonyl (C=O) groups is 2. The number of hydrogen-bond donors (Lipinski definition) is 2. The first-order valence-corrected chi connectivity index (χ1v) is 9.36. The third kappa shape index (κ3) is 2.84. The van der Waals surface area contributed by atoms with Gasteiger partial charge in [0.05, 0.1) is 21.4 Å². The maximum absolute atomic E-state index is 13.4. The second-order valence-electron chi connectivity index (χ2n) is 6.58. The number of urea groups is 1. The predicted molar refractivity (Wildman–Crippen MR) is 104 cm³/mol. The van der Waals surface area contributed by atoms with Crippen LogP contribution in [0.3, 0.4) is 0 Å². The fourth-order valence-electron chi connectivity index (χ4n) is 3.61. The van der Waals surface area contributed by atoms with Crippen LogP contribution in [0, 0.1) is 0 Å². The summed E-state index contributed by atoms with van der Waals surface area (Å²) in [6, 6.07) is 10.6. The van der Waals surface area contributed by atoms with Gasteiger partial charge in [0, 0.05) is 18.7 Å². The lowest BCUT2D eigenvalue weighted by Crippen LogP contribution is -2.62. The van der Waals surface area contributed by atoms with Gasteiger partial charge in [-0.3, -0.25) is 9.69 Å². The molecule has 2 heterocycles. The van der Waals surface area contributed by atoms with Crippen molar-refractivity contribution in [2.45, 2.75) is 18.6 Å². The molecular weight excluding hydrogens is 389 g/mol. The number of carbonyl (C=O) groups excluding carboxylic acids is 2. The van der Waals surface area contributed by atoms with E-state index in [9.17, 15) is 14.7 Å². The summed E-state index contributed by atoms with van der Waals surface area (Å²) in [4.78, 5) is 28.9. The number of hydrogen-bond acceptors (Lipinski definition) is 3. The van der Waals surface area contributed by atoms with Crippen molar-refractivity contribution < 1.29 is 14.7 Å². The molecule has 1 saturated heterocycles. The SMILES string of the molecule is O=C1Nc2ccccc2C(O)(C(=O)N2CCCC2)N1c1ccc(Cl)c(Cl)c1. The molecule has 2 N–H and O–H groups in total. The van der Waals surface area contributed by atoms with Crippen LogP contribution in [0.4, 0.5) is 16.2 Å². The first-order valence-electron chi connectivity index (χ1n) is 8.60. The Morgan fingerprint density at radius 2 is 1.78 bits per heavy atom. The summed E-state index contributed by atoms with van der Waals surface area (Å²) in [6.45, 7) is 1.08. The molecule has 6 nitrogen and oxygen atoms in total. The van der Waals surface area contributed by atoms with Gasteiger partial charge in [0.2, 0.25) is 0 Å². The fourth-order valence-corrected chi connectivity index (χ4v) is 3.91. The topological polar surface area (TPSA) is 72.9 Å². The summed E-state index contributed by atoms with van der Waals surface area (Å²) in [7, 11) is 0. The third-order valence-electron chi connectivity index (χ3n) is 4.92. The lowest BCUT2D eigenvalue weighted by Gasteiger charge is -2.44. The molecule has 27 heavy (non-hydrogen) atoms. The van der Waals surface area contributed by atoms with E-state index in [-0.39, 0.29) is 10.7 Å². The van der Waals surface area contributed by atoms with Crippen LogP contribution in [-0.2, 0) is 10.5 Å². The van der Waals surface area contributed by atoms with Gasteiger partial charge in [-0.05, 0) is 37.1 Å². The number of anilines is 2. The number of benzene rings is 2. The van der Waals surface area contributed by atoms with Gasteiger partial charge in [0.1, 0.15) is 0 Å². The normalized spacial score (nSPS) is 21.8. The van der Waals surface area contributed by atoms with E-state index in [0.717, 1.165) is 17.7 Å². The summed E-state index contributed by atoms with van der Waals surface area (Å²) in [5.74, 6) is -0.534. The second kappa shape index (κ2) is 6.71. The zero-order valence-electron chi connectivity index (χ0n) is 14.3. The van der Waals surface area contributed by atoms with Crippen molar-refractivity contribution in [2.75, 3.05) is 23.3 Å². The zero-order valence-corrected chi connectivity index (χ0v) is 15.8. The van der Waals surface area contributed by atoms with Crippen LogP contribution in [0.15, 0.2) is 42.5 Å². The lowest BCUT2D eigenvalue weighted by molar-refractivity contribution is -0.150. The highest BCUT2D eigenvalue weighted by Crippen LogP contribution is 2.42. The highest BCUT2D eigenvalue weighted by molar-refractivity contribution is 6.42. The number of fused-ring (bicyclic) bond motifs is 1. The standard InChI is InChI=1S/C19H17Cl2N3O3/c20-14-8-7-12(11-15(14)21)24-18(26)22-16-6-2-1-5-13(16)19(24,27)17(25)23-9-3-4-10-23/h1-2,5-8,11,27H,3-4,9-10H2,(H,22,26). The molecule has 2 aliphatic rings. The van der Waals surface area contributed by atoms with E-state index in [1.54, 1.807) is 35.2 Å². The summed E-state index contributed by atoms with van der Waals surface area (Å²) in [5, 5.41) is 14.9. The maximum atomic E-state index is 13.4. The van der Waals surface area contributed by atoms with Crippen molar-refractivity contribution in [1.82, 2.24) is 4.90 Å². The van der Waals surface area contributed by atoms with Crippen LogP contribution in [0.25, 0.3) is 0 Å². The molecule has 4 rings (SSSR count). The van der Waals surface area contributed by atoms with Crippen molar-refractivity contribution in [3.05, 3.63) is 58.1 Å². The summed E-state index contributed by atoms with van der Waals surface area (Å²) in [5.41, 5.74) is -1.20. The Morgan fingerprint density at radius 3 is 2.48 bits per heavy atom. The summed E-state index contributed by atoms with van der Waals surface area (Å²) >= 11 is 12.1. The van der Waals surface area contributed by atoms with Crippen LogP contribution in [0.1, 0.15) is 18.4 Å². The van der Waals surface area contributed by atoms with Gasteiger partial charge in [-0.25, -0.2) is 4.79 Å². The number of nitrogens with one attached hydrogen (secondary N) is 1. The van der Waals surface area contributed by atoms with E-state index in [0.29, 0.717) is 29.4 Å². The summed E-state index contributed by atoms with van der Waals surface area (Å²) in [6.07, 6.45) is 1.73. The number of aliphatic hydroxyl groups is 1. The number of nitrogens with zero attached hydrogens (tertiary/aromatic N) is 2. The quantitative estimate of drug-likeness (QED) is 0.797. The second-order valence-corrected chi connectivity index (χ2v) is 7.40. The molecule has 140 valence electrons. The monoisotopic (exact) mass is 405 g/mol. The zero-order chi connectivity index (χ0) is 19.2. The van der Waals surface area contributed by atoms with E-state index >= 15 is 0 Å². The molecule has 1 unspecified atom stereocenters. The van der Waals surface area contributed by atoms with E-state index in [1.165, 1.54) is 12.1 Å². The summed E-state index contributed by atoms with van der Waals surface area (Å²) < 4.78 is 0. The molecule has 1 atom stereocenters. The highest BCUT2D eigenvalue weighted by atomic mass is 35.5. The van der Waals surface area contributed by atoms with Gasteiger partial charge in [-0.2, -0.15) is 0 Å². The smallest absolute Gasteiger partial charge is 0.329 e. The van der Waals surface area contributed by atoms with Crippen LogP contribution in [0.5, 0.6) is 0 Å². The molecule has 0 saturated carbocycles. The molecule has 3 amide bonds. The van der Waals surface area contributed by atoms with Crippen molar-refractivity contribution in [3.63, 3.8) is 0 Å². The van der Waals surface area contributed by atoms with Crippen molar-refractivity contribution in [3.8, 4) is 0 Å². The van der Waals surface area contributed by atoms with E-state index in [1.807, 2.05) is 0 Å². The molecule has 2 aromatic carbocycles. The van der Waals surface area contributed by atoms with Crippen LogP contribution in [0.2, 0.25) is 10.0 Å². The molecule has 0 bridgehead atoms. The van der Waals surface area contributed by atoms with Gasteiger partial charge in [0.25, 0.3) is 11.6 Å². The largest absolute Gasteiger partial charge is 0.359 e. The average molecular weight is 406 g/mol. The predicted octanol–water partition coefficient (Wildman–Crippen LogP) is 3.81. The molecule has 0 aliphatic carbocycles. The van der Waals surface area contributed by atoms with Crippen LogP contribution < -0.4 is 10.2 Å². The minimum Gasteiger partial charge on any atom is -0.359 e. The van der Waals surface area contributed by atoms with Crippen molar-refractivity contribution in [1.29, 1.82) is 0 Å². The Labute approximate surface area is 166 Å². The Bertz CT molecular complexity index is 930. The molecule has 1 fully saturated rings. The Hall–Kier alpha value is -2.28. The van der Waals surface area contributed by atoms with Crippen molar-refractivity contribution in [2.24, 2.45) is 0 Å². The van der Waals surface area contributed by atoms with Gasteiger partial charge in [-0.15, -0.1) is 0 Å². The Morgan fingerprint density at radius 1 is 1.07 bits per heavy atom. The minimum atomic E-state index is -2.18. The number of para-hydroxylation sites is 1. The van der Waals surface area contributed by atoms with Gasteiger partial charge >= 0.3 is 6.03 Å². The first-order chi connectivity index (χ1) is 12.9.